The second-order valence-corrected chi connectivity index (χ2v) is 5.47. The lowest BCUT2D eigenvalue weighted by Gasteiger charge is -2.25. The highest BCUT2D eigenvalue weighted by Crippen LogP contribution is 2.26. The van der Waals surface area contributed by atoms with Gasteiger partial charge >= 0.3 is 0 Å². The molecule has 1 aromatic rings. The van der Waals surface area contributed by atoms with Crippen molar-refractivity contribution in [2.24, 2.45) is 0 Å². The van der Waals surface area contributed by atoms with Gasteiger partial charge in [0.05, 0.1) is 12.7 Å². The van der Waals surface area contributed by atoms with Crippen LogP contribution in [0.1, 0.15) is 31.2 Å². The Bertz CT molecular complexity index is 278. The molecule has 15 heavy (non-hydrogen) atoms. The summed E-state index contributed by atoms with van der Waals surface area (Å²) >= 11 is 3.66. The number of rotatable bonds is 3. The Balaban J connectivity index is 1.74. The van der Waals surface area contributed by atoms with E-state index in [2.05, 4.69) is 40.2 Å². The number of hydrogen-bond donors (Lipinski definition) is 0. The van der Waals surface area contributed by atoms with Crippen LogP contribution >= 0.6 is 15.9 Å². The van der Waals surface area contributed by atoms with Gasteiger partial charge in [-0.2, -0.15) is 0 Å². The zero-order valence-electron chi connectivity index (χ0n) is 8.86. The molecule has 0 bridgehead atoms. The summed E-state index contributed by atoms with van der Waals surface area (Å²) in [6.45, 7) is 0.762. The van der Waals surface area contributed by atoms with Crippen molar-refractivity contribution >= 4 is 15.9 Å². The molecule has 82 valence electrons. The molecule has 1 fully saturated rings. The minimum atomic E-state index is 0.471. The van der Waals surface area contributed by atoms with Gasteiger partial charge in [-0.1, -0.05) is 46.3 Å². The minimum Gasteiger partial charge on any atom is -0.374 e. The van der Waals surface area contributed by atoms with E-state index >= 15 is 0 Å². The number of alkyl halides is 1. The molecular weight excluding hydrogens is 252 g/mol. The van der Waals surface area contributed by atoms with Crippen molar-refractivity contribution in [3.8, 4) is 0 Å². The maximum atomic E-state index is 5.90. The molecule has 2 rings (SSSR count). The van der Waals surface area contributed by atoms with E-state index in [0.29, 0.717) is 10.9 Å². The Hall–Kier alpha value is -0.340. The lowest BCUT2D eigenvalue weighted by atomic mass is 9.97. The first-order chi connectivity index (χ1) is 7.34. The molecule has 0 amide bonds. The summed E-state index contributed by atoms with van der Waals surface area (Å²) in [5.41, 5.74) is 1.28. The van der Waals surface area contributed by atoms with E-state index in [0.717, 1.165) is 6.61 Å². The van der Waals surface area contributed by atoms with Crippen molar-refractivity contribution in [3.05, 3.63) is 35.9 Å². The lowest BCUT2D eigenvalue weighted by Crippen LogP contribution is -2.21. The SMILES string of the molecule is BrC1CCC(OCc2ccccc2)CC1. The van der Waals surface area contributed by atoms with Crippen LogP contribution in [0.5, 0.6) is 0 Å². The monoisotopic (exact) mass is 268 g/mol. The van der Waals surface area contributed by atoms with Gasteiger partial charge in [0.15, 0.2) is 0 Å². The Kier molecular flexibility index (Phi) is 4.21. The molecule has 1 aliphatic carbocycles. The van der Waals surface area contributed by atoms with Gasteiger partial charge in [-0.3, -0.25) is 0 Å². The molecule has 0 radical (unpaired) electrons. The van der Waals surface area contributed by atoms with E-state index in [1.807, 2.05) is 6.07 Å². The van der Waals surface area contributed by atoms with Crippen LogP contribution in [0, 0.1) is 0 Å². The van der Waals surface area contributed by atoms with Crippen LogP contribution in [0.3, 0.4) is 0 Å². The van der Waals surface area contributed by atoms with Crippen LogP contribution in [-0.4, -0.2) is 10.9 Å². The van der Waals surface area contributed by atoms with E-state index in [9.17, 15) is 0 Å². The van der Waals surface area contributed by atoms with Crippen LogP contribution in [0.2, 0.25) is 0 Å². The molecule has 0 unspecified atom stereocenters. The van der Waals surface area contributed by atoms with Crippen LogP contribution in [0.25, 0.3) is 0 Å². The summed E-state index contributed by atoms with van der Waals surface area (Å²) in [7, 11) is 0. The van der Waals surface area contributed by atoms with E-state index in [4.69, 9.17) is 4.74 Å². The zero-order chi connectivity index (χ0) is 10.5. The molecule has 1 aliphatic rings. The van der Waals surface area contributed by atoms with Crippen molar-refractivity contribution in [1.29, 1.82) is 0 Å². The van der Waals surface area contributed by atoms with Gasteiger partial charge in [0.25, 0.3) is 0 Å². The van der Waals surface area contributed by atoms with Gasteiger partial charge in [-0.15, -0.1) is 0 Å². The van der Waals surface area contributed by atoms with E-state index < -0.39 is 0 Å². The van der Waals surface area contributed by atoms with Gasteiger partial charge in [0.1, 0.15) is 0 Å². The summed E-state index contributed by atoms with van der Waals surface area (Å²) in [5.74, 6) is 0. The summed E-state index contributed by atoms with van der Waals surface area (Å²) in [4.78, 5) is 0.717. The first-order valence-corrected chi connectivity index (χ1v) is 6.56. The second kappa shape index (κ2) is 5.66. The highest BCUT2D eigenvalue weighted by Gasteiger charge is 2.19. The molecule has 1 nitrogen and oxygen atoms in total. The van der Waals surface area contributed by atoms with Crippen LogP contribution in [0.4, 0.5) is 0 Å². The minimum absolute atomic E-state index is 0.471. The third-order valence-electron chi connectivity index (χ3n) is 2.93. The van der Waals surface area contributed by atoms with Crippen LogP contribution < -0.4 is 0 Å². The van der Waals surface area contributed by atoms with Crippen molar-refractivity contribution < 1.29 is 4.74 Å². The van der Waals surface area contributed by atoms with Crippen LogP contribution in [-0.2, 0) is 11.3 Å². The van der Waals surface area contributed by atoms with Crippen LogP contribution in [0.15, 0.2) is 30.3 Å². The first-order valence-electron chi connectivity index (χ1n) is 5.64. The zero-order valence-corrected chi connectivity index (χ0v) is 10.4. The molecule has 0 spiro atoms. The summed E-state index contributed by atoms with van der Waals surface area (Å²) in [6, 6.07) is 10.4. The fourth-order valence-corrected chi connectivity index (χ4v) is 2.51. The lowest BCUT2D eigenvalue weighted by molar-refractivity contribution is 0.0182. The van der Waals surface area contributed by atoms with Gasteiger partial charge in [0.2, 0.25) is 0 Å². The average Bonchev–Trinajstić information content (AvgIpc) is 2.30. The second-order valence-electron chi connectivity index (χ2n) is 4.17. The molecule has 0 heterocycles. The van der Waals surface area contributed by atoms with Crippen molar-refractivity contribution in [2.75, 3.05) is 0 Å². The fraction of sp³-hybridized carbons (Fsp3) is 0.538. The van der Waals surface area contributed by atoms with Crippen molar-refractivity contribution in [1.82, 2.24) is 0 Å². The predicted octanol–water partition coefficient (Wildman–Crippen LogP) is 3.91. The highest BCUT2D eigenvalue weighted by atomic mass is 79.9. The Morgan fingerprint density at radius 3 is 2.40 bits per heavy atom. The summed E-state index contributed by atoms with van der Waals surface area (Å²) in [6.07, 6.45) is 5.36. The summed E-state index contributed by atoms with van der Waals surface area (Å²) in [5, 5.41) is 0. The van der Waals surface area contributed by atoms with Crippen molar-refractivity contribution in [2.45, 2.75) is 43.2 Å². The molecule has 0 N–H and O–H groups in total. The van der Waals surface area contributed by atoms with Gasteiger partial charge in [-0.25, -0.2) is 0 Å². The topological polar surface area (TPSA) is 9.23 Å². The third kappa shape index (κ3) is 3.62. The average molecular weight is 269 g/mol. The first kappa shape index (κ1) is 11.2. The number of ether oxygens (including phenoxy) is 1. The van der Waals surface area contributed by atoms with Gasteiger partial charge in [-0.05, 0) is 31.2 Å². The maximum absolute atomic E-state index is 5.90. The largest absolute Gasteiger partial charge is 0.374 e. The van der Waals surface area contributed by atoms with Gasteiger partial charge < -0.3 is 4.74 Å². The Labute approximate surface area is 100.0 Å². The van der Waals surface area contributed by atoms with E-state index in [-0.39, 0.29) is 0 Å². The fourth-order valence-electron chi connectivity index (χ4n) is 1.98. The number of benzene rings is 1. The maximum Gasteiger partial charge on any atom is 0.0720 e. The predicted molar refractivity (Wildman–Crippen MR) is 66.2 cm³/mol. The molecule has 0 saturated heterocycles. The molecular formula is C13H17BrO. The third-order valence-corrected chi connectivity index (χ3v) is 3.85. The van der Waals surface area contributed by atoms with Crippen molar-refractivity contribution in [3.63, 3.8) is 0 Å². The molecule has 0 atom stereocenters. The Morgan fingerprint density at radius 1 is 1.07 bits per heavy atom. The molecule has 1 aromatic carbocycles. The molecule has 1 saturated carbocycles. The number of halogens is 1. The Morgan fingerprint density at radius 2 is 1.73 bits per heavy atom. The van der Waals surface area contributed by atoms with E-state index in [1.165, 1.54) is 31.2 Å². The molecule has 2 heteroatoms. The summed E-state index contributed by atoms with van der Waals surface area (Å²) < 4.78 is 5.90. The smallest absolute Gasteiger partial charge is 0.0720 e. The number of hydrogen-bond acceptors (Lipinski definition) is 1. The van der Waals surface area contributed by atoms with E-state index in [1.54, 1.807) is 0 Å². The molecule has 0 aliphatic heterocycles. The van der Waals surface area contributed by atoms with Gasteiger partial charge in [0, 0.05) is 4.83 Å². The normalized spacial score (nSPS) is 26.5. The highest BCUT2D eigenvalue weighted by molar-refractivity contribution is 9.09. The standard InChI is InChI=1S/C13H17BrO/c14-12-6-8-13(9-7-12)15-10-11-4-2-1-3-5-11/h1-5,12-13H,6-10H2. The quantitative estimate of drug-likeness (QED) is 0.756. The molecule has 0 aromatic heterocycles.